The van der Waals surface area contributed by atoms with Crippen molar-refractivity contribution in [3.8, 4) is 11.5 Å². The van der Waals surface area contributed by atoms with Crippen LogP contribution in [-0.4, -0.2) is 16.9 Å². The average molecular weight is 395 g/mol. The Kier molecular flexibility index (Phi) is 4.89. The largest absolute Gasteiger partial charge is 0.489 e. The van der Waals surface area contributed by atoms with E-state index in [0.29, 0.717) is 30.1 Å². The van der Waals surface area contributed by atoms with Crippen molar-refractivity contribution < 1.29 is 14.3 Å². The SMILES string of the molecule is O=C1CC(Cc2ccccc2)Oc2ccc(OCc3ccc4ccccc4n3)cc21. The minimum absolute atomic E-state index is 0.0893. The Morgan fingerprint density at radius 3 is 2.67 bits per heavy atom. The molecule has 2 heterocycles. The van der Waals surface area contributed by atoms with Gasteiger partial charge in [0.25, 0.3) is 0 Å². The molecule has 148 valence electrons. The van der Waals surface area contributed by atoms with Gasteiger partial charge in [-0.05, 0) is 35.9 Å². The highest BCUT2D eigenvalue weighted by Gasteiger charge is 2.27. The Labute approximate surface area is 175 Å². The number of nitrogens with zero attached hydrogens (tertiary/aromatic N) is 1. The monoisotopic (exact) mass is 395 g/mol. The van der Waals surface area contributed by atoms with E-state index in [4.69, 9.17) is 9.47 Å². The molecule has 30 heavy (non-hydrogen) atoms. The molecule has 1 aromatic heterocycles. The normalized spacial score (nSPS) is 15.5. The van der Waals surface area contributed by atoms with E-state index in [9.17, 15) is 4.79 Å². The fourth-order valence-corrected chi connectivity index (χ4v) is 3.79. The summed E-state index contributed by atoms with van der Waals surface area (Å²) in [5.74, 6) is 1.36. The number of para-hydroxylation sites is 1. The second-order valence-corrected chi connectivity index (χ2v) is 7.50. The van der Waals surface area contributed by atoms with Gasteiger partial charge in [-0.15, -0.1) is 0 Å². The number of pyridine rings is 1. The molecule has 3 aromatic carbocycles. The number of ketones is 1. The second-order valence-electron chi connectivity index (χ2n) is 7.50. The molecule has 0 fully saturated rings. The van der Waals surface area contributed by atoms with Gasteiger partial charge >= 0.3 is 0 Å². The zero-order valence-electron chi connectivity index (χ0n) is 16.5. The molecule has 0 N–H and O–H groups in total. The minimum Gasteiger partial charge on any atom is -0.489 e. The molecule has 0 radical (unpaired) electrons. The van der Waals surface area contributed by atoms with Crippen LogP contribution in [0.15, 0.2) is 84.9 Å². The molecule has 4 heteroatoms. The van der Waals surface area contributed by atoms with Crippen LogP contribution in [0.1, 0.15) is 28.0 Å². The number of benzene rings is 3. The van der Waals surface area contributed by atoms with Crippen LogP contribution < -0.4 is 9.47 Å². The summed E-state index contributed by atoms with van der Waals surface area (Å²) >= 11 is 0. The highest BCUT2D eigenvalue weighted by atomic mass is 16.5. The van der Waals surface area contributed by atoms with Crippen molar-refractivity contribution in [2.45, 2.75) is 25.6 Å². The van der Waals surface area contributed by atoms with E-state index in [1.165, 1.54) is 5.56 Å². The molecular formula is C26H21NO3. The van der Waals surface area contributed by atoms with E-state index in [1.54, 1.807) is 6.07 Å². The van der Waals surface area contributed by atoms with Crippen LogP contribution in [0.4, 0.5) is 0 Å². The number of rotatable bonds is 5. The second kappa shape index (κ2) is 7.99. The van der Waals surface area contributed by atoms with E-state index in [0.717, 1.165) is 23.0 Å². The lowest BCUT2D eigenvalue weighted by Gasteiger charge is -2.25. The summed E-state index contributed by atoms with van der Waals surface area (Å²) in [5.41, 5.74) is 3.54. The first-order valence-electron chi connectivity index (χ1n) is 10.1. The predicted molar refractivity (Wildman–Crippen MR) is 116 cm³/mol. The van der Waals surface area contributed by atoms with Crippen LogP contribution in [0, 0.1) is 0 Å². The summed E-state index contributed by atoms with van der Waals surface area (Å²) in [6.07, 6.45) is 0.955. The molecule has 1 aliphatic rings. The van der Waals surface area contributed by atoms with Gasteiger partial charge in [0.2, 0.25) is 0 Å². The summed E-state index contributed by atoms with van der Waals surface area (Å²) in [6.45, 7) is 0.343. The maximum absolute atomic E-state index is 12.7. The standard InChI is InChI=1S/C26H21NO3/c28-25-16-22(14-18-6-2-1-3-7-18)30-26-13-12-21(15-23(25)26)29-17-20-11-10-19-8-4-5-9-24(19)27-20/h1-13,15,22H,14,16-17H2. The number of ether oxygens (including phenoxy) is 2. The minimum atomic E-state index is -0.138. The molecule has 4 aromatic rings. The van der Waals surface area contributed by atoms with Gasteiger partial charge in [0.15, 0.2) is 5.78 Å². The molecule has 0 saturated carbocycles. The lowest BCUT2D eigenvalue weighted by atomic mass is 9.96. The molecule has 1 aliphatic heterocycles. The van der Waals surface area contributed by atoms with Gasteiger partial charge in [0, 0.05) is 18.2 Å². The first-order valence-corrected chi connectivity index (χ1v) is 10.1. The average Bonchev–Trinajstić information content (AvgIpc) is 2.78. The van der Waals surface area contributed by atoms with Crippen molar-refractivity contribution in [3.63, 3.8) is 0 Å². The molecule has 0 bridgehead atoms. The van der Waals surface area contributed by atoms with Crippen molar-refractivity contribution >= 4 is 16.7 Å². The summed E-state index contributed by atoms with van der Waals surface area (Å²) in [4.78, 5) is 17.3. The van der Waals surface area contributed by atoms with Crippen LogP contribution >= 0.6 is 0 Å². The van der Waals surface area contributed by atoms with Crippen LogP contribution in [0.2, 0.25) is 0 Å². The Morgan fingerprint density at radius 1 is 0.933 bits per heavy atom. The van der Waals surface area contributed by atoms with Crippen molar-refractivity contribution in [2.75, 3.05) is 0 Å². The number of hydrogen-bond acceptors (Lipinski definition) is 4. The van der Waals surface area contributed by atoms with Gasteiger partial charge in [-0.3, -0.25) is 4.79 Å². The van der Waals surface area contributed by atoms with E-state index >= 15 is 0 Å². The zero-order valence-corrected chi connectivity index (χ0v) is 16.5. The van der Waals surface area contributed by atoms with Crippen molar-refractivity contribution in [3.05, 3.63) is 102 Å². The van der Waals surface area contributed by atoms with Crippen LogP contribution in [0.25, 0.3) is 10.9 Å². The molecule has 0 saturated heterocycles. The Morgan fingerprint density at radius 2 is 1.77 bits per heavy atom. The molecule has 4 nitrogen and oxygen atoms in total. The smallest absolute Gasteiger partial charge is 0.170 e. The first-order chi connectivity index (χ1) is 14.7. The van der Waals surface area contributed by atoms with Crippen LogP contribution in [0.5, 0.6) is 11.5 Å². The Balaban J connectivity index is 1.28. The zero-order chi connectivity index (χ0) is 20.3. The fraction of sp³-hybridized carbons (Fsp3) is 0.154. The first kappa shape index (κ1) is 18.4. The molecule has 0 aliphatic carbocycles. The maximum Gasteiger partial charge on any atom is 0.170 e. The number of aromatic nitrogens is 1. The third-order valence-corrected chi connectivity index (χ3v) is 5.31. The summed E-state index contributed by atoms with van der Waals surface area (Å²) in [6, 6.07) is 27.5. The van der Waals surface area contributed by atoms with E-state index in [-0.39, 0.29) is 11.9 Å². The van der Waals surface area contributed by atoms with Gasteiger partial charge < -0.3 is 9.47 Å². The number of Topliss-reactive ketones (excluding diaryl/α,β-unsaturated/α-hetero) is 1. The predicted octanol–water partition coefficient (Wildman–Crippen LogP) is 5.39. The summed E-state index contributed by atoms with van der Waals surface area (Å²) in [5, 5.41) is 1.10. The van der Waals surface area contributed by atoms with Gasteiger partial charge in [-0.25, -0.2) is 4.98 Å². The van der Waals surface area contributed by atoms with Gasteiger partial charge in [-0.2, -0.15) is 0 Å². The van der Waals surface area contributed by atoms with Crippen LogP contribution in [-0.2, 0) is 13.0 Å². The van der Waals surface area contributed by atoms with Crippen molar-refractivity contribution in [1.29, 1.82) is 0 Å². The number of carbonyl (C=O) groups excluding carboxylic acids is 1. The number of fused-ring (bicyclic) bond motifs is 2. The lowest BCUT2D eigenvalue weighted by Crippen LogP contribution is -2.28. The molecule has 0 amide bonds. The Hall–Kier alpha value is -3.66. The third kappa shape index (κ3) is 3.90. The highest BCUT2D eigenvalue weighted by molar-refractivity contribution is 6.00. The topological polar surface area (TPSA) is 48.4 Å². The van der Waals surface area contributed by atoms with E-state index in [1.807, 2.05) is 66.7 Å². The third-order valence-electron chi connectivity index (χ3n) is 5.31. The van der Waals surface area contributed by atoms with Crippen molar-refractivity contribution in [1.82, 2.24) is 4.98 Å². The highest BCUT2D eigenvalue weighted by Crippen LogP contribution is 2.32. The van der Waals surface area contributed by atoms with E-state index < -0.39 is 0 Å². The van der Waals surface area contributed by atoms with Gasteiger partial charge in [-0.1, -0.05) is 54.6 Å². The Bertz CT molecular complexity index is 1200. The van der Waals surface area contributed by atoms with E-state index in [2.05, 4.69) is 17.1 Å². The molecular weight excluding hydrogens is 374 g/mol. The summed E-state index contributed by atoms with van der Waals surface area (Å²) in [7, 11) is 0. The fourth-order valence-electron chi connectivity index (χ4n) is 3.79. The van der Waals surface area contributed by atoms with Crippen LogP contribution in [0.3, 0.4) is 0 Å². The van der Waals surface area contributed by atoms with Gasteiger partial charge in [0.05, 0.1) is 16.8 Å². The molecule has 1 unspecified atom stereocenters. The van der Waals surface area contributed by atoms with Gasteiger partial charge in [0.1, 0.15) is 24.2 Å². The molecule has 5 rings (SSSR count). The summed E-state index contributed by atoms with van der Waals surface area (Å²) < 4.78 is 12.0. The number of carbonyl (C=O) groups is 1. The quantitative estimate of drug-likeness (QED) is 0.455. The molecule has 1 atom stereocenters. The van der Waals surface area contributed by atoms with Crippen molar-refractivity contribution in [2.24, 2.45) is 0 Å². The molecule has 0 spiro atoms. The number of hydrogen-bond donors (Lipinski definition) is 0. The lowest BCUT2D eigenvalue weighted by molar-refractivity contribution is 0.0850. The maximum atomic E-state index is 12.7.